The molecule has 0 aromatic carbocycles. The number of nitrogens with zero attached hydrogens (tertiary/aromatic N) is 3. The Morgan fingerprint density at radius 1 is 1.47 bits per heavy atom. The molecule has 0 N–H and O–H groups in total. The van der Waals surface area contributed by atoms with E-state index in [9.17, 15) is 4.79 Å². The monoisotopic (exact) mass is 327 g/mol. The van der Waals surface area contributed by atoms with Gasteiger partial charge < -0.3 is 0 Å². The summed E-state index contributed by atoms with van der Waals surface area (Å²) in [5, 5.41) is 4.17. The lowest BCUT2D eigenvalue weighted by Gasteiger charge is -2.43. The van der Waals surface area contributed by atoms with Crippen molar-refractivity contribution in [1.29, 1.82) is 0 Å². The molecule has 1 fully saturated rings. The minimum absolute atomic E-state index is 0.191. The highest BCUT2D eigenvalue weighted by atomic mass is 79.9. The van der Waals surface area contributed by atoms with Crippen LogP contribution in [0.15, 0.2) is 10.7 Å². The second-order valence-corrected chi connectivity index (χ2v) is 6.76. The van der Waals surface area contributed by atoms with Gasteiger partial charge in [0.25, 0.3) is 0 Å². The molecule has 1 aromatic rings. The molecule has 106 valence electrons. The van der Waals surface area contributed by atoms with E-state index in [1.54, 1.807) is 10.9 Å². The summed E-state index contributed by atoms with van der Waals surface area (Å²) in [7, 11) is 5.85. The van der Waals surface area contributed by atoms with E-state index in [0.29, 0.717) is 5.69 Å². The van der Waals surface area contributed by atoms with E-state index in [-0.39, 0.29) is 11.3 Å². The lowest BCUT2D eigenvalue weighted by atomic mass is 9.73. The maximum absolute atomic E-state index is 13.0. The molecule has 0 atom stereocenters. The number of carbonyl (C=O) groups excluding carboxylic acids is 1. The molecule has 0 radical (unpaired) electrons. The molecule has 0 spiro atoms. The molecule has 1 aromatic heterocycles. The van der Waals surface area contributed by atoms with Crippen LogP contribution in [-0.4, -0.2) is 40.1 Å². The normalized spacial score (nSPS) is 27.8. The first-order valence-corrected chi connectivity index (χ1v) is 7.57. The van der Waals surface area contributed by atoms with Crippen LogP contribution in [-0.2, 0) is 7.05 Å². The molecular formula is C14H22BrN3O. The predicted octanol–water partition coefficient (Wildman–Crippen LogP) is 2.88. The van der Waals surface area contributed by atoms with Crippen molar-refractivity contribution < 1.29 is 4.79 Å². The van der Waals surface area contributed by atoms with Crippen LogP contribution in [0.3, 0.4) is 0 Å². The van der Waals surface area contributed by atoms with E-state index >= 15 is 0 Å². The molecule has 19 heavy (non-hydrogen) atoms. The number of ketones is 1. The van der Waals surface area contributed by atoms with Crippen LogP contribution >= 0.6 is 15.9 Å². The van der Waals surface area contributed by atoms with Crippen molar-refractivity contribution in [3.8, 4) is 0 Å². The molecule has 0 bridgehead atoms. The summed E-state index contributed by atoms with van der Waals surface area (Å²) in [6, 6.07) is 0. The quantitative estimate of drug-likeness (QED) is 0.801. The van der Waals surface area contributed by atoms with E-state index < -0.39 is 0 Å². The van der Waals surface area contributed by atoms with Gasteiger partial charge in [-0.15, -0.1) is 0 Å². The number of carbonyl (C=O) groups is 1. The van der Waals surface area contributed by atoms with Crippen LogP contribution in [0.2, 0.25) is 0 Å². The molecule has 1 saturated carbocycles. The fourth-order valence-corrected chi connectivity index (χ4v) is 3.53. The molecule has 0 amide bonds. The van der Waals surface area contributed by atoms with Crippen LogP contribution in [0.4, 0.5) is 0 Å². The summed E-state index contributed by atoms with van der Waals surface area (Å²) in [6.45, 7) is 2.27. The van der Waals surface area contributed by atoms with E-state index in [4.69, 9.17) is 0 Å². The summed E-state index contributed by atoms with van der Waals surface area (Å²) < 4.78 is 2.47. The number of rotatable bonds is 3. The number of halogens is 1. The smallest absolute Gasteiger partial charge is 0.202 e. The highest BCUT2D eigenvalue weighted by molar-refractivity contribution is 9.10. The molecule has 1 aliphatic rings. The third-order valence-corrected chi connectivity index (χ3v) is 5.07. The molecule has 0 unspecified atom stereocenters. The fourth-order valence-electron chi connectivity index (χ4n) is 3.00. The van der Waals surface area contributed by atoms with Crippen LogP contribution in [0.1, 0.15) is 43.1 Å². The van der Waals surface area contributed by atoms with Gasteiger partial charge in [0, 0.05) is 7.05 Å². The average Bonchev–Trinajstić information content (AvgIpc) is 2.69. The van der Waals surface area contributed by atoms with Crippen molar-refractivity contribution in [3.63, 3.8) is 0 Å². The van der Waals surface area contributed by atoms with Crippen molar-refractivity contribution in [2.75, 3.05) is 14.1 Å². The van der Waals surface area contributed by atoms with Crippen molar-refractivity contribution in [1.82, 2.24) is 14.7 Å². The highest BCUT2D eigenvalue weighted by Gasteiger charge is 2.44. The van der Waals surface area contributed by atoms with Gasteiger partial charge in [0.2, 0.25) is 5.78 Å². The minimum atomic E-state index is -0.372. The van der Waals surface area contributed by atoms with Crippen LogP contribution in [0.5, 0.6) is 0 Å². The highest BCUT2D eigenvalue weighted by Crippen LogP contribution is 2.38. The summed E-state index contributed by atoms with van der Waals surface area (Å²) in [5.41, 5.74) is 0.311. The van der Waals surface area contributed by atoms with Crippen molar-refractivity contribution in [3.05, 3.63) is 16.4 Å². The lowest BCUT2D eigenvalue weighted by Crippen LogP contribution is -2.53. The second kappa shape index (κ2) is 5.37. The first-order chi connectivity index (χ1) is 8.88. The number of Topliss-reactive ketones (excluding diaryl/α,β-unsaturated/α-hetero) is 1. The molecular weight excluding hydrogens is 306 g/mol. The SMILES string of the molecule is CC1CCC(C(=O)c2c(Br)cnn2C)(N(C)C)CC1. The molecule has 0 aliphatic heterocycles. The van der Waals surface area contributed by atoms with E-state index in [0.717, 1.165) is 36.1 Å². The van der Waals surface area contributed by atoms with Gasteiger partial charge in [0.15, 0.2) is 0 Å². The fraction of sp³-hybridized carbons (Fsp3) is 0.714. The summed E-state index contributed by atoms with van der Waals surface area (Å²) in [6.07, 6.45) is 5.77. The van der Waals surface area contributed by atoms with Crippen LogP contribution < -0.4 is 0 Å². The van der Waals surface area contributed by atoms with Gasteiger partial charge in [0.05, 0.1) is 16.2 Å². The third kappa shape index (κ3) is 2.50. The molecule has 2 rings (SSSR count). The standard InChI is InChI=1S/C14H22BrN3O/c1-10-5-7-14(8-6-10,17(2)3)13(19)12-11(15)9-16-18(12)4/h9-10H,5-8H2,1-4H3. The van der Waals surface area contributed by atoms with E-state index in [2.05, 4.69) is 32.9 Å². The molecule has 5 heteroatoms. The third-order valence-electron chi connectivity index (χ3n) is 4.49. The first kappa shape index (κ1) is 14.7. The van der Waals surface area contributed by atoms with Crippen molar-refractivity contribution in [2.45, 2.75) is 38.1 Å². The van der Waals surface area contributed by atoms with Crippen molar-refractivity contribution in [2.24, 2.45) is 13.0 Å². The molecule has 4 nitrogen and oxygen atoms in total. The van der Waals surface area contributed by atoms with Gasteiger partial charge in [-0.05, 0) is 61.6 Å². The maximum Gasteiger partial charge on any atom is 0.202 e. The Balaban J connectivity index is 2.38. The Bertz CT molecular complexity index is 454. The Morgan fingerprint density at radius 2 is 2.05 bits per heavy atom. The zero-order valence-electron chi connectivity index (χ0n) is 12.1. The van der Waals surface area contributed by atoms with Gasteiger partial charge in [-0.1, -0.05) is 6.92 Å². The molecule has 1 aliphatic carbocycles. The number of aromatic nitrogens is 2. The largest absolute Gasteiger partial charge is 0.297 e. The number of likely N-dealkylation sites (N-methyl/N-ethyl adjacent to an activating group) is 1. The summed E-state index contributed by atoms with van der Waals surface area (Å²) in [5.74, 6) is 0.909. The maximum atomic E-state index is 13.0. The van der Waals surface area contributed by atoms with E-state index in [1.165, 1.54) is 0 Å². The van der Waals surface area contributed by atoms with Crippen LogP contribution in [0, 0.1) is 5.92 Å². The number of hydrogen-bond acceptors (Lipinski definition) is 3. The first-order valence-electron chi connectivity index (χ1n) is 6.78. The number of aryl methyl sites for hydroxylation is 1. The Kier molecular flexibility index (Phi) is 4.16. The van der Waals surface area contributed by atoms with Crippen molar-refractivity contribution >= 4 is 21.7 Å². The average molecular weight is 328 g/mol. The van der Waals surface area contributed by atoms with Gasteiger partial charge in [0.1, 0.15) is 5.69 Å². The van der Waals surface area contributed by atoms with Gasteiger partial charge in [-0.3, -0.25) is 14.4 Å². The Morgan fingerprint density at radius 3 is 2.47 bits per heavy atom. The number of hydrogen-bond donors (Lipinski definition) is 0. The zero-order valence-corrected chi connectivity index (χ0v) is 13.7. The van der Waals surface area contributed by atoms with E-state index in [1.807, 2.05) is 21.1 Å². The van der Waals surface area contributed by atoms with Gasteiger partial charge >= 0.3 is 0 Å². The summed E-state index contributed by atoms with van der Waals surface area (Å²) >= 11 is 3.45. The van der Waals surface area contributed by atoms with Gasteiger partial charge in [-0.25, -0.2) is 0 Å². The summed E-state index contributed by atoms with van der Waals surface area (Å²) in [4.78, 5) is 15.1. The second-order valence-electron chi connectivity index (χ2n) is 5.90. The predicted molar refractivity (Wildman–Crippen MR) is 79.3 cm³/mol. The molecule has 0 saturated heterocycles. The Labute approximate surface area is 123 Å². The molecule has 1 heterocycles. The minimum Gasteiger partial charge on any atom is -0.297 e. The Hall–Kier alpha value is -0.680. The van der Waals surface area contributed by atoms with Gasteiger partial charge in [-0.2, -0.15) is 5.10 Å². The lowest BCUT2D eigenvalue weighted by molar-refractivity contribution is 0.0502. The topological polar surface area (TPSA) is 38.1 Å². The van der Waals surface area contributed by atoms with Crippen LogP contribution in [0.25, 0.3) is 0 Å². The zero-order chi connectivity index (χ0) is 14.2.